The molecule has 1 aliphatic rings. The summed E-state index contributed by atoms with van der Waals surface area (Å²) in [6, 6.07) is 16.8. The molecule has 0 fully saturated rings. The molecule has 1 unspecified atom stereocenters. The van der Waals surface area contributed by atoms with Gasteiger partial charge in [-0.05, 0) is 58.9 Å². The maximum atomic E-state index is 13.4. The first-order chi connectivity index (χ1) is 14.0. The van der Waals surface area contributed by atoms with E-state index in [1.165, 1.54) is 18.4 Å². The topological polar surface area (TPSA) is 60.7 Å². The second kappa shape index (κ2) is 8.08. The van der Waals surface area contributed by atoms with E-state index >= 15 is 0 Å². The average molecular weight is 516 g/mol. The van der Waals surface area contributed by atoms with Crippen molar-refractivity contribution in [2.24, 2.45) is 4.99 Å². The molecule has 0 radical (unpaired) electrons. The van der Waals surface area contributed by atoms with Crippen LogP contribution in [0.3, 0.4) is 0 Å². The lowest BCUT2D eigenvalue weighted by Gasteiger charge is -2.24. The molecule has 0 saturated carbocycles. The normalized spacial score (nSPS) is 16.4. The number of allylic oxidation sites excluding steroid dienone is 1. The van der Waals surface area contributed by atoms with E-state index in [-0.39, 0.29) is 5.56 Å². The van der Waals surface area contributed by atoms with Crippen LogP contribution in [0.4, 0.5) is 0 Å². The van der Waals surface area contributed by atoms with Crippen molar-refractivity contribution in [1.29, 1.82) is 0 Å². The molecule has 0 amide bonds. The van der Waals surface area contributed by atoms with Crippen LogP contribution >= 0.6 is 33.9 Å². The Morgan fingerprint density at radius 1 is 1.21 bits per heavy atom. The second-order valence-electron chi connectivity index (χ2n) is 6.54. The highest BCUT2D eigenvalue weighted by Gasteiger charge is 2.32. The van der Waals surface area contributed by atoms with Crippen LogP contribution in [0.15, 0.2) is 75.7 Å². The minimum Gasteiger partial charge on any atom is -0.466 e. The van der Waals surface area contributed by atoms with Crippen LogP contribution in [-0.2, 0) is 9.53 Å². The van der Waals surface area contributed by atoms with Crippen LogP contribution in [0.25, 0.3) is 6.08 Å². The Balaban J connectivity index is 1.98. The fourth-order valence-corrected chi connectivity index (χ4v) is 5.00. The number of hydrogen-bond acceptors (Lipinski definition) is 5. The van der Waals surface area contributed by atoms with Gasteiger partial charge >= 0.3 is 5.97 Å². The number of carbonyl (C=O) groups is 1. The minimum atomic E-state index is -0.571. The molecule has 5 nitrogen and oxygen atoms in total. The number of methoxy groups -OCH3 is 1. The van der Waals surface area contributed by atoms with Gasteiger partial charge in [0, 0.05) is 3.57 Å². The number of carbonyl (C=O) groups excluding carboxylic acids is 1. The molecule has 1 aliphatic heterocycles. The quantitative estimate of drug-likeness (QED) is 0.398. The van der Waals surface area contributed by atoms with Crippen LogP contribution in [-0.4, -0.2) is 17.6 Å². The molecule has 0 spiro atoms. The molecular weight excluding hydrogens is 499 g/mol. The van der Waals surface area contributed by atoms with Crippen LogP contribution in [0, 0.1) is 3.57 Å². The van der Waals surface area contributed by atoms with E-state index in [1.807, 2.05) is 60.7 Å². The molecule has 29 heavy (non-hydrogen) atoms. The third kappa shape index (κ3) is 3.72. The molecule has 2 heterocycles. The number of aromatic nitrogens is 1. The number of ether oxygens (including phenoxy) is 1. The number of hydrogen-bond donors (Lipinski definition) is 0. The fraction of sp³-hybridized carbons (Fsp3) is 0.136. The average Bonchev–Trinajstić information content (AvgIpc) is 3.02. The summed E-state index contributed by atoms with van der Waals surface area (Å²) in [5, 5.41) is 0. The van der Waals surface area contributed by atoms with Gasteiger partial charge in [-0.2, -0.15) is 0 Å². The summed E-state index contributed by atoms with van der Waals surface area (Å²) in [6.07, 6.45) is 1.87. The monoisotopic (exact) mass is 516 g/mol. The predicted octanol–water partition coefficient (Wildman–Crippen LogP) is 3.01. The molecule has 0 saturated heterocycles. The molecule has 2 aromatic carbocycles. The molecule has 4 rings (SSSR count). The number of esters is 1. The number of nitrogens with zero attached hydrogens (tertiary/aromatic N) is 2. The lowest BCUT2D eigenvalue weighted by atomic mass is 9.96. The summed E-state index contributed by atoms with van der Waals surface area (Å²) in [5.41, 5.74) is 2.56. The van der Waals surface area contributed by atoms with Crippen molar-refractivity contribution >= 4 is 46.0 Å². The molecule has 1 aromatic heterocycles. The van der Waals surface area contributed by atoms with Crippen molar-refractivity contribution in [3.05, 3.63) is 100 Å². The zero-order valence-corrected chi connectivity index (χ0v) is 18.7. The Bertz CT molecular complexity index is 1310. The second-order valence-corrected chi connectivity index (χ2v) is 8.79. The van der Waals surface area contributed by atoms with Crippen molar-refractivity contribution in [1.82, 2.24) is 4.57 Å². The van der Waals surface area contributed by atoms with Crippen molar-refractivity contribution in [2.45, 2.75) is 13.0 Å². The maximum Gasteiger partial charge on any atom is 0.338 e. The van der Waals surface area contributed by atoms with Gasteiger partial charge in [0.2, 0.25) is 0 Å². The molecule has 0 aliphatic carbocycles. The van der Waals surface area contributed by atoms with Crippen LogP contribution in [0.2, 0.25) is 0 Å². The van der Waals surface area contributed by atoms with Gasteiger partial charge in [0.25, 0.3) is 5.56 Å². The van der Waals surface area contributed by atoms with Crippen molar-refractivity contribution in [2.75, 3.05) is 7.11 Å². The third-order valence-electron chi connectivity index (χ3n) is 4.69. The number of fused-ring (bicyclic) bond motifs is 1. The summed E-state index contributed by atoms with van der Waals surface area (Å²) >= 11 is 3.57. The first-order valence-corrected chi connectivity index (χ1v) is 10.8. The van der Waals surface area contributed by atoms with Gasteiger partial charge in [-0.25, -0.2) is 9.79 Å². The van der Waals surface area contributed by atoms with Crippen LogP contribution in [0.5, 0.6) is 0 Å². The highest BCUT2D eigenvalue weighted by molar-refractivity contribution is 14.1. The van der Waals surface area contributed by atoms with Crippen LogP contribution < -0.4 is 14.9 Å². The summed E-state index contributed by atoms with van der Waals surface area (Å²) < 4.78 is 8.27. The number of rotatable bonds is 3. The molecule has 0 N–H and O–H groups in total. The first kappa shape index (κ1) is 19.8. The summed E-state index contributed by atoms with van der Waals surface area (Å²) in [4.78, 5) is 31.0. The van der Waals surface area contributed by atoms with Gasteiger partial charge in [-0.1, -0.05) is 53.8 Å². The van der Waals surface area contributed by atoms with Gasteiger partial charge in [0.15, 0.2) is 4.80 Å². The van der Waals surface area contributed by atoms with Crippen molar-refractivity contribution in [3.8, 4) is 0 Å². The Hall–Kier alpha value is -2.52. The molecule has 7 heteroatoms. The number of benzene rings is 2. The predicted molar refractivity (Wildman–Crippen MR) is 121 cm³/mol. The highest BCUT2D eigenvalue weighted by Crippen LogP contribution is 2.30. The zero-order chi connectivity index (χ0) is 20.5. The van der Waals surface area contributed by atoms with E-state index in [0.717, 1.165) is 14.7 Å². The SMILES string of the molecule is COC(=O)C1=C(C)N=c2sc(=Cc3cccc(I)c3)c(=O)n2C1c1ccccc1. The Morgan fingerprint density at radius 3 is 2.66 bits per heavy atom. The van der Waals surface area contributed by atoms with E-state index in [9.17, 15) is 9.59 Å². The van der Waals surface area contributed by atoms with E-state index < -0.39 is 12.0 Å². The summed E-state index contributed by atoms with van der Waals surface area (Å²) in [5.74, 6) is -0.480. The van der Waals surface area contributed by atoms with Gasteiger partial charge in [-0.3, -0.25) is 9.36 Å². The first-order valence-electron chi connectivity index (χ1n) is 8.91. The fourth-order valence-electron chi connectivity index (χ4n) is 3.39. The number of thiazole rings is 1. The van der Waals surface area contributed by atoms with Crippen molar-refractivity contribution < 1.29 is 9.53 Å². The smallest absolute Gasteiger partial charge is 0.338 e. The largest absolute Gasteiger partial charge is 0.466 e. The van der Waals surface area contributed by atoms with E-state index in [2.05, 4.69) is 27.6 Å². The standard InChI is InChI=1S/C22H17IN2O3S/c1-13-18(21(27)28-2)19(15-8-4-3-5-9-15)25-20(26)17(29-22(25)24-13)12-14-7-6-10-16(23)11-14/h3-12,19H,1-2H3. The summed E-state index contributed by atoms with van der Waals surface area (Å²) in [6.45, 7) is 1.78. The van der Waals surface area contributed by atoms with Gasteiger partial charge in [0.1, 0.15) is 0 Å². The van der Waals surface area contributed by atoms with Crippen molar-refractivity contribution in [3.63, 3.8) is 0 Å². The molecule has 0 bridgehead atoms. The molecular formula is C22H17IN2O3S. The van der Waals surface area contributed by atoms with E-state index in [1.54, 1.807) is 11.5 Å². The van der Waals surface area contributed by atoms with Gasteiger partial charge in [-0.15, -0.1) is 0 Å². The minimum absolute atomic E-state index is 0.171. The number of halogens is 1. The Kier molecular flexibility index (Phi) is 5.51. The van der Waals surface area contributed by atoms with Gasteiger partial charge < -0.3 is 4.74 Å². The van der Waals surface area contributed by atoms with E-state index in [0.29, 0.717) is 20.6 Å². The van der Waals surface area contributed by atoms with Crippen LogP contribution in [0.1, 0.15) is 24.1 Å². The maximum absolute atomic E-state index is 13.4. The summed E-state index contributed by atoms with van der Waals surface area (Å²) in [7, 11) is 1.34. The van der Waals surface area contributed by atoms with E-state index in [4.69, 9.17) is 4.74 Å². The zero-order valence-electron chi connectivity index (χ0n) is 15.8. The molecule has 1 atom stereocenters. The highest BCUT2D eigenvalue weighted by atomic mass is 127. The third-order valence-corrected chi connectivity index (χ3v) is 6.34. The lowest BCUT2D eigenvalue weighted by molar-refractivity contribution is -0.136. The molecule has 3 aromatic rings. The van der Waals surface area contributed by atoms with Gasteiger partial charge in [0.05, 0.1) is 29.0 Å². The Morgan fingerprint density at radius 2 is 1.97 bits per heavy atom. The molecule has 146 valence electrons. The lowest BCUT2D eigenvalue weighted by Crippen LogP contribution is -2.39. The Labute approximate surface area is 184 Å².